The van der Waals surface area contributed by atoms with Crippen LogP contribution in [0.4, 0.5) is 10.8 Å². The Morgan fingerprint density at radius 3 is 2.53 bits per heavy atom. The third kappa shape index (κ3) is 6.69. The normalized spacial score (nSPS) is 10.5. The number of anilines is 2. The maximum Gasteiger partial charge on any atom is 0.257 e. The summed E-state index contributed by atoms with van der Waals surface area (Å²) in [6.45, 7) is 6.67. The van der Waals surface area contributed by atoms with Gasteiger partial charge in [0.2, 0.25) is 11.0 Å². The molecule has 2 N–H and O–H groups in total. The van der Waals surface area contributed by atoms with Crippen LogP contribution in [-0.2, 0) is 4.79 Å². The van der Waals surface area contributed by atoms with E-state index in [9.17, 15) is 9.59 Å². The van der Waals surface area contributed by atoms with Crippen molar-refractivity contribution >= 4 is 45.7 Å². The number of benzene rings is 2. The first-order valence-electron chi connectivity index (χ1n) is 10.0. The highest BCUT2D eigenvalue weighted by Crippen LogP contribution is 2.30. The van der Waals surface area contributed by atoms with Crippen LogP contribution in [0.5, 0.6) is 11.5 Å². The minimum absolute atomic E-state index is 0.140. The van der Waals surface area contributed by atoms with Gasteiger partial charge in [0.05, 0.1) is 19.0 Å². The van der Waals surface area contributed by atoms with Crippen LogP contribution in [0.2, 0.25) is 0 Å². The number of hydrogen-bond acceptors (Lipinski definition) is 8. The van der Waals surface area contributed by atoms with Gasteiger partial charge in [-0.25, -0.2) is 0 Å². The van der Waals surface area contributed by atoms with Crippen molar-refractivity contribution in [2.24, 2.45) is 0 Å². The van der Waals surface area contributed by atoms with E-state index in [1.807, 2.05) is 45.0 Å². The summed E-state index contributed by atoms with van der Waals surface area (Å²) in [5.74, 6) is 0.810. The predicted molar refractivity (Wildman–Crippen MR) is 127 cm³/mol. The highest BCUT2D eigenvalue weighted by atomic mass is 32.2. The number of hydrogen-bond donors (Lipinski definition) is 2. The van der Waals surface area contributed by atoms with Crippen molar-refractivity contribution in [1.29, 1.82) is 0 Å². The number of aryl methyl sites for hydroxylation is 1. The van der Waals surface area contributed by atoms with Crippen molar-refractivity contribution in [1.82, 2.24) is 10.2 Å². The summed E-state index contributed by atoms with van der Waals surface area (Å²) in [5, 5.41) is 13.9. The Kier molecular flexibility index (Phi) is 8.46. The molecule has 0 atom stereocenters. The van der Waals surface area contributed by atoms with Crippen LogP contribution in [0.1, 0.15) is 29.8 Å². The summed E-state index contributed by atoms with van der Waals surface area (Å²) in [7, 11) is 0. The van der Waals surface area contributed by atoms with E-state index in [-0.39, 0.29) is 17.6 Å². The van der Waals surface area contributed by atoms with Crippen LogP contribution in [0.15, 0.2) is 46.8 Å². The van der Waals surface area contributed by atoms with Gasteiger partial charge in [-0.1, -0.05) is 35.2 Å². The fourth-order valence-electron chi connectivity index (χ4n) is 2.73. The molecule has 0 aliphatic carbocycles. The molecule has 1 aromatic heterocycles. The molecule has 32 heavy (non-hydrogen) atoms. The average Bonchev–Trinajstić information content (AvgIpc) is 3.21. The molecular weight excluding hydrogens is 448 g/mol. The molecule has 8 nitrogen and oxygen atoms in total. The number of ether oxygens (including phenoxy) is 2. The number of nitrogens with one attached hydrogen (secondary N) is 2. The number of carbonyl (C=O) groups excluding carboxylic acids is 2. The average molecular weight is 473 g/mol. The topological polar surface area (TPSA) is 102 Å². The molecule has 0 aliphatic rings. The van der Waals surface area contributed by atoms with Crippen LogP contribution in [-0.4, -0.2) is 41.0 Å². The molecule has 2 aromatic carbocycles. The number of thioether (sulfide) groups is 1. The molecule has 2 amide bonds. The molecule has 0 fully saturated rings. The quantitative estimate of drug-likeness (QED) is 0.328. The summed E-state index contributed by atoms with van der Waals surface area (Å²) in [5.41, 5.74) is 2.24. The molecule has 1 heterocycles. The number of aromatic nitrogens is 2. The molecule has 0 saturated heterocycles. The van der Waals surface area contributed by atoms with Crippen molar-refractivity contribution in [3.63, 3.8) is 0 Å². The Hall–Kier alpha value is -3.11. The molecule has 0 bridgehead atoms. The fraction of sp³-hybridized carbons (Fsp3) is 0.273. The molecular formula is C22H24N4O4S2. The van der Waals surface area contributed by atoms with Gasteiger partial charge in [0.1, 0.15) is 0 Å². The molecule has 0 saturated carbocycles. The largest absolute Gasteiger partial charge is 0.490 e. The first-order chi connectivity index (χ1) is 15.5. The van der Waals surface area contributed by atoms with Crippen molar-refractivity contribution in [2.75, 3.05) is 29.6 Å². The Balaban J connectivity index is 1.55. The molecule has 10 heteroatoms. The van der Waals surface area contributed by atoms with Gasteiger partial charge in [0, 0.05) is 11.3 Å². The van der Waals surface area contributed by atoms with Gasteiger partial charge in [-0.2, -0.15) is 0 Å². The smallest absolute Gasteiger partial charge is 0.257 e. The maximum absolute atomic E-state index is 12.6. The van der Waals surface area contributed by atoms with Crippen molar-refractivity contribution in [3.8, 4) is 11.5 Å². The van der Waals surface area contributed by atoms with E-state index in [1.54, 1.807) is 18.2 Å². The van der Waals surface area contributed by atoms with Crippen LogP contribution < -0.4 is 20.1 Å². The lowest BCUT2D eigenvalue weighted by atomic mass is 10.2. The molecule has 0 unspecified atom stereocenters. The fourth-order valence-corrected chi connectivity index (χ4v) is 4.27. The SMILES string of the molecule is CCOc1ccc(C(=O)Nc2nnc(SCC(=O)Nc3cccc(C)c3)s2)cc1OCC. The van der Waals surface area contributed by atoms with E-state index in [1.165, 1.54) is 23.1 Å². The second-order valence-corrected chi connectivity index (χ2v) is 8.76. The van der Waals surface area contributed by atoms with E-state index >= 15 is 0 Å². The minimum atomic E-state index is -0.334. The Morgan fingerprint density at radius 1 is 1.00 bits per heavy atom. The zero-order valence-corrected chi connectivity index (χ0v) is 19.6. The van der Waals surface area contributed by atoms with Crippen LogP contribution in [0, 0.1) is 6.92 Å². The lowest BCUT2D eigenvalue weighted by Crippen LogP contribution is -2.13. The first kappa shape index (κ1) is 23.6. The standard InChI is InChI=1S/C22H24N4O4S2/c1-4-29-17-10-9-15(12-18(17)30-5-2)20(28)24-21-25-26-22(32-21)31-13-19(27)23-16-8-6-7-14(3)11-16/h6-12H,4-5,13H2,1-3H3,(H,23,27)(H,24,25,28). The van der Waals surface area contributed by atoms with Gasteiger partial charge in [-0.15, -0.1) is 10.2 Å². The molecule has 0 spiro atoms. The lowest BCUT2D eigenvalue weighted by Gasteiger charge is -2.12. The van der Waals surface area contributed by atoms with Gasteiger partial charge >= 0.3 is 0 Å². The summed E-state index contributed by atoms with van der Waals surface area (Å²) < 4.78 is 11.7. The second kappa shape index (κ2) is 11.5. The van der Waals surface area contributed by atoms with E-state index in [4.69, 9.17) is 9.47 Å². The van der Waals surface area contributed by atoms with Crippen molar-refractivity contribution in [3.05, 3.63) is 53.6 Å². The zero-order valence-electron chi connectivity index (χ0n) is 18.0. The van der Waals surface area contributed by atoms with E-state index < -0.39 is 0 Å². The van der Waals surface area contributed by atoms with E-state index in [0.717, 1.165) is 11.3 Å². The Labute approximate surface area is 194 Å². The van der Waals surface area contributed by atoms with Gasteiger partial charge in [-0.05, 0) is 56.7 Å². The Morgan fingerprint density at radius 2 is 1.78 bits per heavy atom. The van der Waals surface area contributed by atoms with E-state index in [2.05, 4.69) is 20.8 Å². The summed E-state index contributed by atoms with van der Waals surface area (Å²) in [6, 6.07) is 12.6. The molecule has 0 aliphatic heterocycles. The summed E-state index contributed by atoms with van der Waals surface area (Å²) >= 11 is 2.46. The van der Waals surface area contributed by atoms with Gasteiger partial charge in [0.25, 0.3) is 5.91 Å². The molecule has 3 aromatic rings. The van der Waals surface area contributed by atoms with Crippen molar-refractivity contribution in [2.45, 2.75) is 25.1 Å². The molecule has 0 radical (unpaired) electrons. The van der Waals surface area contributed by atoms with Gasteiger partial charge in [0.15, 0.2) is 15.8 Å². The third-order valence-electron chi connectivity index (χ3n) is 4.06. The van der Waals surface area contributed by atoms with Gasteiger partial charge < -0.3 is 14.8 Å². The lowest BCUT2D eigenvalue weighted by molar-refractivity contribution is -0.113. The number of nitrogens with zero attached hydrogens (tertiary/aromatic N) is 2. The minimum Gasteiger partial charge on any atom is -0.490 e. The summed E-state index contributed by atoms with van der Waals surface area (Å²) in [4.78, 5) is 24.8. The van der Waals surface area contributed by atoms with E-state index in [0.29, 0.717) is 39.7 Å². The monoisotopic (exact) mass is 472 g/mol. The summed E-state index contributed by atoms with van der Waals surface area (Å²) in [6.07, 6.45) is 0. The zero-order chi connectivity index (χ0) is 22.9. The number of amides is 2. The Bertz CT molecular complexity index is 1090. The number of rotatable bonds is 10. The first-order valence-corrected chi connectivity index (χ1v) is 11.8. The third-order valence-corrected chi connectivity index (χ3v) is 6.03. The predicted octanol–water partition coefficient (Wildman–Crippen LogP) is 4.63. The van der Waals surface area contributed by atoms with Crippen LogP contribution in [0.25, 0.3) is 0 Å². The molecule has 3 rings (SSSR count). The second-order valence-electron chi connectivity index (χ2n) is 6.56. The van der Waals surface area contributed by atoms with Crippen molar-refractivity contribution < 1.29 is 19.1 Å². The maximum atomic E-state index is 12.6. The highest BCUT2D eigenvalue weighted by Gasteiger charge is 2.15. The number of carbonyl (C=O) groups is 2. The highest BCUT2D eigenvalue weighted by molar-refractivity contribution is 8.01. The van der Waals surface area contributed by atoms with Crippen LogP contribution >= 0.6 is 23.1 Å². The van der Waals surface area contributed by atoms with Crippen LogP contribution in [0.3, 0.4) is 0 Å². The van der Waals surface area contributed by atoms with Gasteiger partial charge in [-0.3, -0.25) is 14.9 Å². The molecule has 168 valence electrons.